The van der Waals surface area contributed by atoms with Gasteiger partial charge in [0.1, 0.15) is 5.82 Å². The van der Waals surface area contributed by atoms with Crippen LogP contribution in [-0.4, -0.2) is 35.2 Å². The van der Waals surface area contributed by atoms with Crippen molar-refractivity contribution in [2.24, 2.45) is 0 Å². The molecule has 0 spiro atoms. The molecule has 27 heavy (non-hydrogen) atoms. The molecule has 0 aliphatic heterocycles. The van der Waals surface area contributed by atoms with Crippen LogP contribution < -0.4 is 4.72 Å². The smallest absolute Gasteiger partial charge is 0.284 e. The standard InChI is InChI=1S/C16H21N5O4S2/c1-11-18-19-16(20(11)12-6-4-3-5-7-12)26-15-9-8-13(27(24,25)17-2)10-14(15)21(22)23/h8-10,12,17H,3-7H2,1-2H3. The Bertz CT molecular complexity index is 952. The second kappa shape index (κ2) is 7.95. The largest absolute Gasteiger partial charge is 0.303 e. The Morgan fingerprint density at radius 2 is 1.96 bits per heavy atom. The first-order chi connectivity index (χ1) is 12.8. The topological polar surface area (TPSA) is 120 Å². The molecule has 1 N–H and O–H groups in total. The molecule has 1 fully saturated rings. The van der Waals surface area contributed by atoms with Gasteiger partial charge in [0.05, 0.1) is 14.7 Å². The monoisotopic (exact) mass is 411 g/mol. The third kappa shape index (κ3) is 4.14. The summed E-state index contributed by atoms with van der Waals surface area (Å²) in [6.07, 6.45) is 5.57. The summed E-state index contributed by atoms with van der Waals surface area (Å²) >= 11 is 1.14. The van der Waals surface area contributed by atoms with Crippen LogP contribution in [0.1, 0.15) is 44.0 Å². The van der Waals surface area contributed by atoms with Gasteiger partial charge in [0.2, 0.25) is 10.0 Å². The molecule has 1 aromatic carbocycles. The molecule has 1 saturated carbocycles. The van der Waals surface area contributed by atoms with Crippen molar-refractivity contribution in [2.45, 2.75) is 60.0 Å². The van der Waals surface area contributed by atoms with Gasteiger partial charge in [-0.05, 0) is 50.7 Å². The van der Waals surface area contributed by atoms with Crippen LogP contribution in [0.3, 0.4) is 0 Å². The van der Waals surface area contributed by atoms with Crippen LogP contribution in [0.2, 0.25) is 0 Å². The zero-order valence-corrected chi connectivity index (χ0v) is 16.7. The zero-order chi connectivity index (χ0) is 19.6. The summed E-state index contributed by atoms with van der Waals surface area (Å²) < 4.78 is 28.1. The maximum atomic E-state index is 11.9. The van der Waals surface area contributed by atoms with Crippen molar-refractivity contribution in [2.75, 3.05) is 7.05 Å². The van der Waals surface area contributed by atoms with Crippen LogP contribution in [0.25, 0.3) is 0 Å². The lowest BCUT2D eigenvalue weighted by atomic mass is 9.95. The predicted molar refractivity (Wildman–Crippen MR) is 100 cm³/mol. The number of nitro benzene ring substituents is 1. The van der Waals surface area contributed by atoms with E-state index in [-0.39, 0.29) is 10.6 Å². The van der Waals surface area contributed by atoms with Gasteiger partial charge in [-0.25, -0.2) is 13.1 Å². The Labute approximate surface area is 161 Å². The molecule has 0 atom stereocenters. The van der Waals surface area contributed by atoms with Crippen LogP contribution in [0.4, 0.5) is 5.69 Å². The van der Waals surface area contributed by atoms with Crippen molar-refractivity contribution >= 4 is 27.5 Å². The fourth-order valence-corrected chi connectivity index (χ4v) is 5.07. The number of nitro groups is 1. The molecule has 9 nitrogen and oxygen atoms in total. The Balaban J connectivity index is 1.98. The minimum absolute atomic E-state index is 0.147. The molecular weight excluding hydrogens is 390 g/mol. The van der Waals surface area contributed by atoms with Gasteiger partial charge >= 0.3 is 0 Å². The zero-order valence-electron chi connectivity index (χ0n) is 15.1. The molecule has 1 aliphatic carbocycles. The summed E-state index contributed by atoms with van der Waals surface area (Å²) in [7, 11) is -2.50. The van der Waals surface area contributed by atoms with E-state index in [1.165, 1.54) is 25.6 Å². The van der Waals surface area contributed by atoms with E-state index in [1.807, 2.05) is 11.5 Å². The van der Waals surface area contributed by atoms with Crippen LogP contribution in [-0.2, 0) is 10.0 Å². The second-order valence-electron chi connectivity index (χ2n) is 6.39. The van der Waals surface area contributed by atoms with Crippen LogP contribution in [0, 0.1) is 17.0 Å². The number of benzene rings is 1. The van der Waals surface area contributed by atoms with Crippen LogP contribution in [0.15, 0.2) is 33.1 Å². The van der Waals surface area contributed by atoms with Crippen LogP contribution in [0.5, 0.6) is 0 Å². The Morgan fingerprint density at radius 3 is 2.59 bits per heavy atom. The van der Waals surface area contributed by atoms with Crippen molar-refractivity contribution in [1.82, 2.24) is 19.5 Å². The van der Waals surface area contributed by atoms with Gasteiger partial charge in [0.25, 0.3) is 5.69 Å². The van der Waals surface area contributed by atoms with Crippen molar-refractivity contribution in [3.63, 3.8) is 0 Å². The summed E-state index contributed by atoms with van der Waals surface area (Å²) in [6, 6.07) is 4.17. The average Bonchev–Trinajstić information content (AvgIpc) is 3.02. The van der Waals surface area contributed by atoms with Crippen LogP contribution >= 0.6 is 11.8 Å². The van der Waals surface area contributed by atoms with E-state index in [2.05, 4.69) is 14.9 Å². The van der Waals surface area contributed by atoms with Gasteiger partial charge in [-0.15, -0.1) is 10.2 Å². The minimum atomic E-state index is -3.76. The highest BCUT2D eigenvalue weighted by molar-refractivity contribution is 7.99. The first-order valence-corrected chi connectivity index (χ1v) is 10.9. The number of rotatable bonds is 6. The highest BCUT2D eigenvalue weighted by Crippen LogP contribution is 2.38. The highest BCUT2D eigenvalue weighted by Gasteiger charge is 2.25. The number of nitrogens with one attached hydrogen (secondary N) is 1. The molecule has 11 heteroatoms. The number of nitrogens with zero attached hydrogens (tertiary/aromatic N) is 4. The molecule has 2 aromatic rings. The Kier molecular flexibility index (Phi) is 5.82. The van der Waals surface area contributed by atoms with Gasteiger partial charge in [-0.3, -0.25) is 10.1 Å². The van der Waals surface area contributed by atoms with Crippen molar-refractivity contribution in [3.8, 4) is 0 Å². The van der Waals surface area contributed by atoms with E-state index in [9.17, 15) is 18.5 Å². The molecule has 1 heterocycles. The SMILES string of the molecule is CNS(=O)(=O)c1ccc(Sc2nnc(C)n2C2CCCCC2)c([N+](=O)[O-])c1. The number of aromatic nitrogens is 3. The average molecular weight is 412 g/mol. The van der Waals surface area contributed by atoms with E-state index in [0.717, 1.165) is 49.3 Å². The van der Waals surface area contributed by atoms with Crippen molar-refractivity contribution in [3.05, 3.63) is 34.1 Å². The van der Waals surface area contributed by atoms with E-state index in [1.54, 1.807) is 0 Å². The fourth-order valence-electron chi connectivity index (χ4n) is 3.29. The molecule has 1 aliphatic rings. The summed E-state index contributed by atoms with van der Waals surface area (Å²) in [4.78, 5) is 11.1. The van der Waals surface area contributed by atoms with Gasteiger partial charge in [0, 0.05) is 12.1 Å². The summed E-state index contributed by atoms with van der Waals surface area (Å²) in [5, 5.41) is 20.4. The highest BCUT2D eigenvalue weighted by atomic mass is 32.2. The molecule has 146 valence electrons. The molecular formula is C16H21N5O4S2. The van der Waals surface area contributed by atoms with E-state index < -0.39 is 14.9 Å². The molecule has 0 radical (unpaired) electrons. The number of aryl methyl sites for hydroxylation is 1. The normalized spacial score (nSPS) is 15.8. The molecule has 1 aromatic heterocycles. The Morgan fingerprint density at radius 1 is 1.26 bits per heavy atom. The molecule has 3 rings (SSSR count). The first kappa shape index (κ1) is 19.8. The van der Waals surface area contributed by atoms with E-state index >= 15 is 0 Å². The maximum Gasteiger partial charge on any atom is 0.284 e. The number of hydrogen-bond acceptors (Lipinski definition) is 7. The number of sulfonamides is 1. The Hall–Kier alpha value is -1.98. The molecule has 0 amide bonds. The molecule has 0 saturated heterocycles. The summed E-state index contributed by atoms with van der Waals surface area (Å²) in [5.74, 6) is 0.779. The van der Waals surface area contributed by atoms with E-state index in [4.69, 9.17) is 0 Å². The summed E-state index contributed by atoms with van der Waals surface area (Å²) in [6.45, 7) is 1.88. The third-order valence-electron chi connectivity index (χ3n) is 4.68. The quantitative estimate of drug-likeness (QED) is 0.573. The van der Waals surface area contributed by atoms with Crippen molar-refractivity contribution in [1.29, 1.82) is 0 Å². The lowest BCUT2D eigenvalue weighted by Crippen LogP contribution is -2.18. The van der Waals surface area contributed by atoms with Gasteiger partial charge in [-0.1, -0.05) is 19.3 Å². The number of hydrogen-bond donors (Lipinski definition) is 1. The predicted octanol–water partition coefficient (Wildman–Crippen LogP) is 3.06. The van der Waals surface area contributed by atoms with Crippen molar-refractivity contribution < 1.29 is 13.3 Å². The van der Waals surface area contributed by atoms with E-state index in [0.29, 0.717) is 16.1 Å². The maximum absolute atomic E-state index is 11.9. The minimum Gasteiger partial charge on any atom is -0.303 e. The summed E-state index contributed by atoms with van der Waals surface area (Å²) in [5.41, 5.74) is -0.271. The van der Waals surface area contributed by atoms with Gasteiger partial charge in [0.15, 0.2) is 5.16 Å². The molecule has 0 unspecified atom stereocenters. The fraction of sp³-hybridized carbons (Fsp3) is 0.500. The lowest BCUT2D eigenvalue weighted by molar-refractivity contribution is -0.388. The second-order valence-corrected chi connectivity index (χ2v) is 9.28. The first-order valence-electron chi connectivity index (χ1n) is 8.65. The lowest BCUT2D eigenvalue weighted by Gasteiger charge is -2.24. The molecule has 0 bridgehead atoms. The van der Waals surface area contributed by atoms with Gasteiger partial charge in [-0.2, -0.15) is 0 Å². The third-order valence-corrected chi connectivity index (χ3v) is 7.12. The van der Waals surface area contributed by atoms with Gasteiger partial charge < -0.3 is 4.57 Å².